The van der Waals surface area contributed by atoms with E-state index in [1.54, 1.807) is 6.07 Å². The molecule has 0 amide bonds. The van der Waals surface area contributed by atoms with Crippen molar-refractivity contribution < 1.29 is 14.2 Å². The number of anilines is 1. The van der Waals surface area contributed by atoms with Crippen molar-refractivity contribution >= 4 is 45.7 Å². The number of aryl methyl sites for hydroxylation is 2. The van der Waals surface area contributed by atoms with Gasteiger partial charge in [0, 0.05) is 60.5 Å². The lowest BCUT2D eigenvalue weighted by Crippen LogP contribution is -2.33. The molecule has 0 fully saturated rings. The van der Waals surface area contributed by atoms with Gasteiger partial charge >= 0.3 is 0 Å². The van der Waals surface area contributed by atoms with Crippen molar-refractivity contribution in [1.29, 1.82) is 0 Å². The second-order valence-corrected chi connectivity index (χ2v) is 10.6. The van der Waals surface area contributed by atoms with E-state index >= 15 is 0 Å². The zero-order valence-electron chi connectivity index (χ0n) is 23.7. The zero-order chi connectivity index (χ0) is 29.1. The van der Waals surface area contributed by atoms with Crippen LogP contribution in [0, 0.1) is 0 Å². The molecule has 0 atom stereocenters. The molecule has 2 aromatic heterocycles. The zero-order valence-corrected chi connectivity index (χ0v) is 24.5. The van der Waals surface area contributed by atoms with Gasteiger partial charge in [-0.2, -0.15) is 5.10 Å². The average Bonchev–Trinajstić information content (AvgIpc) is 3.04. The first kappa shape index (κ1) is 28.9. The molecular weight excluding hydrogens is 544 g/mol. The van der Waals surface area contributed by atoms with E-state index in [1.165, 1.54) is 12.8 Å². The Kier molecular flexibility index (Phi) is 9.86. The van der Waals surface area contributed by atoms with Crippen LogP contribution in [-0.4, -0.2) is 18.4 Å². The summed E-state index contributed by atoms with van der Waals surface area (Å²) in [4.78, 5) is 0. The number of unbranched alkanes of at least 4 members (excludes halogenated alkanes) is 3. The van der Waals surface area contributed by atoms with E-state index in [1.807, 2.05) is 97.4 Å². The molecule has 3 aromatic carbocycles. The molecule has 0 aliphatic heterocycles. The minimum Gasteiger partial charge on any atom is -0.505 e. The third-order valence-corrected chi connectivity index (χ3v) is 7.41. The van der Waals surface area contributed by atoms with E-state index in [0.717, 1.165) is 42.6 Å². The van der Waals surface area contributed by atoms with Gasteiger partial charge in [0.05, 0.1) is 22.6 Å². The Morgan fingerprint density at radius 3 is 2.00 bits per heavy atom. The highest BCUT2D eigenvalue weighted by atomic mass is 35.5. The number of para-hydroxylation sites is 1. The molecule has 5 rings (SSSR count). The van der Waals surface area contributed by atoms with Crippen molar-refractivity contribution in [2.45, 2.75) is 38.8 Å². The molecule has 212 valence electrons. The molecule has 2 heterocycles. The van der Waals surface area contributed by atoms with Gasteiger partial charge < -0.3 is 5.11 Å². The molecule has 0 bridgehead atoms. The Balaban J connectivity index is 1.02. The first-order valence-corrected chi connectivity index (χ1v) is 14.6. The molecule has 0 radical (unpaired) electrons. The van der Waals surface area contributed by atoms with Crippen LogP contribution in [0.3, 0.4) is 0 Å². The summed E-state index contributed by atoms with van der Waals surface area (Å²) in [6.07, 6.45) is 14.8. The summed E-state index contributed by atoms with van der Waals surface area (Å²) < 4.78 is 4.39. The van der Waals surface area contributed by atoms with Gasteiger partial charge in [0.25, 0.3) is 0 Å². The van der Waals surface area contributed by atoms with E-state index in [4.69, 9.17) is 11.6 Å². The number of phenolic OH excluding ortho intramolecular Hbond substituents is 1. The highest BCUT2D eigenvalue weighted by Crippen LogP contribution is 2.39. The monoisotopic (exact) mass is 578 g/mol. The molecule has 8 heteroatoms. The SMILES string of the molecule is CN(/N=C\c1cc[n+](CCCCCC[n+]2ccc(/N=N/c3cc(Cl)c4ccccc4c3O)cc2)cc1)c1ccccc1. The third kappa shape index (κ3) is 7.77. The topological polar surface area (TPSA) is 68.3 Å². The predicted octanol–water partition coefficient (Wildman–Crippen LogP) is 7.92. The molecule has 1 N–H and O–H groups in total. The number of fused-ring (bicyclic) bond motifs is 1. The summed E-state index contributed by atoms with van der Waals surface area (Å²) in [6, 6.07) is 27.2. The van der Waals surface area contributed by atoms with Crippen LogP contribution >= 0.6 is 11.6 Å². The van der Waals surface area contributed by atoms with Gasteiger partial charge in [-0.1, -0.05) is 54.1 Å². The van der Waals surface area contributed by atoms with Crippen LogP contribution in [-0.2, 0) is 13.1 Å². The minimum atomic E-state index is 0.0807. The van der Waals surface area contributed by atoms with Crippen LogP contribution < -0.4 is 14.1 Å². The first-order valence-electron chi connectivity index (χ1n) is 14.2. The number of azo groups is 1. The summed E-state index contributed by atoms with van der Waals surface area (Å²) in [6.45, 7) is 1.96. The van der Waals surface area contributed by atoms with E-state index < -0.39 is 0 Å². The van der Waals surface area contributed by atoms with Crippen LogP contribution in [0.15, 0.2) is 125 Å². The van der Waals surface area contributed by atoms with Gasteiger partial charge in [-0.25, -0.2) is 9.13 Å². The number of aromatic nitrogens is 2. The number of hydrogen-bond donors (Lipinski definition) is 1. The maximum atomic E-state index is 10.6. The molecule has 0 spiro atoms. The van der Waals surface area contributed by atoms with Gasteiger partial charge in [-0.15, -0.1) is 10.2 Å². The highest BCUT2D eigenvalue weighted by molar-refractivity contribution is 6.36. The first-order chi connectivity index (χ1) is 20.6. The lowest BCUT2D eigenvalue weighted by molar-refractivity contribution is -0.698. The van der Waals surface area contributed by atoms with Crippen LogP contribution in [0.1, 0.15) is 31.2 Å². The average molecular weight is 579 g/mol. The van der Waals surface area contributed by atoms with Crippen molar-refractivity contribution in [3.05, 3.63) is 120 Å². The summed E-state index contributed by atoms with van der Waals surface area (Å²) >= 11 is 6.37. The Labute approximate surface area is 251 Å². The third-order valence-electron chi connectivity index (χ3n) is 7.10. The van der Waals surface area contributed by atoms with Crippen molar-refractivity contribution in [3.8, 4) is 5.75 Å². The van der Waals surface area contributed by atoms with Gasteiger partial charge in [-0.3, -0.25) is 5.01 Å². The Hall–Kier alpha value is -4.62. The predicted molar refractivity (Wildman–Crippen MR) is 169 cm³/mol. The Morgan fingerprint density at radius 2 is 1.33 bits per heavy atom. The molecule has 0 saturated carbocycles. The molecular formula is C34H35ClN6O+2. The fraction of sp³-hybridized carbons (Fsp3) is 0.206. The molecule has 0 aliphatic rings. The molecule has 0 unspecified atom stereocenters. The van der Waals surface area contributed by atoms with Crippen LogP contribution in [0.5, 0.6) is 5.75 Å². The lowest BCUT2D eigenvalue weighted by atomic mass is 10.1. The van der Waals surface area contributed by atoms with Gasteiger partial charge in [0.2, 0.25) is 0 Å². The number of pyridine rings is 2. The van der Waals surface area contributed by atoms with Crippen molar-refractivity contribution in [2.75, 3.05) is 12.1 Å². The number of hydrazone groups is 1. The number of rotatable bonds is 12. The second kappa shape index (κ2) is 14.3. The minimum absolute atomic E-state index is 0.0807. The van der Waals surface area contributed by atoms with Crippen LogP contribution in [0.25, 0.3) is 10.8 Å². The van der Waals surface area contributed by atoms with Gasteiger partial charge in [-0.05, 0) is 31.0 Å². The van der Waals surface area contributed by atoms with E-state index in [2.05, 4.69) is 49.0 Å². The normalized spacial score (nSPS) is 11.6. The second-order valence-electron chi connectivity index (χ2n) is 10.2. The Morgan fingerprint density at radius 1 is 0.738 bits per heavy atom. The largest absolute Gasteiger partial charge is 0.505 e. The number of hydrogen-bond acceptors (Lipinski definition) is 5. The molecule has 0 saturated heterocycles. The molecule has 0 aliphatic carbocycles. The number of halogens is 1. The highest BCUT2D eigenvalue weighted by Gasteiger charge is 2.10. The maximum Gasteiger partial charge on any atom is 0.171 e. The molecule has 5 aromatic rings. The summed E-state index contributed by atoms with van der Waals surface area (Å²) in [7, 11) is 1.95. The van der Waals surface area contributed by atoms with Crippen molar-refractivity contribution in [1.82, 2.24) is 0 Å². The van der Waals surface area contributed by atoms with Crippen molar-refractivity contribution in [2.24, 2.45) is 15.3 Å². The van der Waals surface area contributed by atoms with E-state index in [-0.39, 0.29) is 5.75 Å². The quantitative estimate of drug-likeness (QED) is 0.0537. The van der Waals surface area contributed by atoms with Gasteiger partial charge in [0.15, 0.2) is 30.5 Å². The van der Waals surface area contributed by atoms with E-state index in [9.17, 15) is 5.11 Å². The smallest absolute Gasteiger partial charge is 0.171 e. The summed E-state index contributed by atoms with van der Waals surface area (Å²) in [5, 5.41) is 27.5. The number of phenols is 1. The van der Waals surface area contributed by atoms with Crippen LogP contribution in [0.4, 0.5) is 17.1 Å². The standard InChI is InChI=1S/C34H34ClN6O/c1-39(29-11-5-4-6-12-29)36-26-27-15-21-40(22-16-27)19-9-2-3-10-20-41-23-17-28(18-24-41)37-38-33-25-32(35)30-13-7-8-14-31(30)34(33)42/h4-8,11-18,21-26H,2-3,9-10,19-20H2,1H3/q+1/p+1. The fourth-order valence-electron chi connectivity index (χ4n) is 4.66. The van der Waals surface area contributed by atoms with Gasteiger partial charge in [0.1, 0.15) is 18.8 Å². The lowest BCUT2D eigenvalue weighted by Gasteiger charge is -2.11. The number of nitrogens with zero attached hydrogens (tertiary/aromatic N) is 6. The summed E-state index contributed by atoms with van der Waals surface area (Å²) in [5.41, 5.74) is 3.20. The number of benzene rings is 3. The number of aromatic hydroxyl groups is 1. The summed E-state index contributed by atoms with van der Waals surface area (Å²) in [5.74, 6) is 0.0807. The van der Waals surface area contributed by atoms with Crippen molar-refractivity contribution in [3.63, 3.8) is 0 Å². The van der Waals surface area contributed by atoms with Crippen LogP contribution in [0.2, 0.25) is 5.02 Å². The molecule has 7 nitrogen and oxygen atoms in total. The van der Waals surface area contributed by atoms with E-state index in [0.29, 0.717) is 21.8 Å². The molecule has 42 heavy (non-hydrogen) atoms. The Bertz CT molecular complexity index is 1650. The maximum absolute atomic E-state index is 10.6. The fourth-order valence-corrected chi connectivity index (χ4v) is 4.93.